The summed E-state index contributed by atoms with van der Waals surface area (Å²) in [4.78, 5) is 5.45. The molecule has 2 aliphatic rings. The molecular formula is C37H50ClN3O2S2. The van der Waals surface area contributed by atoms with Gasteiger partial charge in [-0.05, 0) is 91.2 Å². The third kappa shape index (κ3) is 10.1. The summed E-state index contributed by atoms with van der Waals surface area (Å²) in [6.45, 7) is 5.39. The largest absolute Gasteiger partial charge is 0.497 e. The molecule has 3 aromatic rings. The maximum absolute atomic E-state index is 6.30. The van der Waals surface area contributed by atoms with Gasteiger partial charge in [0.15, 0.2) is 0 Å². The Morgan fingerprint density at radius 3 is 2.04 bits per heavy atom. The monoisotopic (exact) mass is 667 g/mol. The van der Waals surface area contributed by atoms with E-state index in [1.807, 2.05) is 35.7 Å². The SMILES string of the molecule is COc1ccc(CSCCNCCN(CCSCc2ccc(OC)cc2)CC2C(c3ccc(Cl)cc3)C[C@H]3CC[C@@H]2N3C)cc1. The van der Waals surface area contributed by atoms with Gasteiger partial charge in [0.2, 0.25) is 0 Å². The smallest absolute Gasteiger partial charge is 0.118 e. The van der Waals surface area contributed by atoms with Crippen LogP contribution in [0.3, 0.4) is 0 Å². The molecule has 0 aliphatic carbocycles. The molecule has 2 heterocycles. The molecule has 2 unspecified atom stereocenters. The van der Waals surface area contributed by atoms with Gasteiger partial charge in [0.25, 0.3) is 0 Å². The van der Waals surface area contributed by atoms with Crippen molar-refractivity contribution >= 4 is 35.1 Å². The highest BCUT2D eigenvalue weighted by Crippen LogP contribution is 2.46. The Labute approximate surface area is 284 Å². The highest BCUT2D eigenvalue weighted by molar-refractivity contribution is 7.98. The average Bonchev–Trinajstić information content (AvgIpc) is 3.32. The van der Waals surface area contributed by atoms with Crippen LogP contribution in [-0.4, -0.2) is 87.4 Å². The van der Waals surface area contributed by atoms with Crippen molar-refractivity contribution in [3.8, 4) is 11.5 Å². The molecule has 5 nitrogen and oxygen atoms in total. The number of nitrogens with zero attached hydrogens (tertiary/aromatic N) is 2. The van der Waals surface area contributed by atoms with Crippen LogP contribution in [0, 0.1) is 5.92 Å². The van der Waals surface area contributed by atoms with Gasteiger partial charge >= 0.3 is 0 Å². The Kier molecular flexibility index (Phi) is 13.7. The Morgan fingerprint density at radius 1 is 0.800 bits per heavy atom. The first kappa shape index (κ1) is 34.5. The summed E-state index contributed by atoms with van der Waals surface area (Å²) < 4.78 is 10.6. The molecular weight excluding hydrogens is 618 g/mol. The first-order valence-corrected chi connectivity index (χ1v) is 19.0. The van der Waals surface area contributed by atoms with Crippen molar-refractivity contribution in [1.29, 1.82) is 0 Å². The van der Waals surface area contributed by atoms with E-state index in [1.165, 1.54) is 36.0 Å². The quantitative estimate of drug-likeness (QED) is 0.140. The normalized spacial score (nSPS) is 21.4. The predicted octanol–water partition coefficient (Wildman–Crippen LogP) is 7.68. The summed E-state index contributed by atoms with van der Waals surface area (Å²) in [7, 11) is 5.81. The summed E-state index contributed by atoms with van der Waals surface area (Å²) in [5.41, 5.74) is 4.17. The lowest BCUT2D eigenvalue weighted by Crippen LogP contribution is -2.50. The minimum atomic E-state index is 0.590. The molecule has 244 valence electrons. The molecule has 45 heavy (non-hydrogen) atoms. The maximum Gasteiger partial charge on any atom is 0.118 e. The minimum absolute atomic E-state index is 0.590. The van der Waals surface area contributed by atoms with E-state index in [9.17, 15) is 0 Å². The summed E-state index contributed by atoms with van der Waals surface area (Å²) >= 11 is 10.3. The third-order valence-electron chi connectivity index (χ3n) is 9.63. The number of fused-ring (bicyclic) bond motifs is 2. The van der Waals surface area contributed by atoms with E-state index in [-0.39, 0.29) is 0 Å². The lowest BCUT2D eigenvalue weighted by molar-refractivity contribution is 0.0728. The number of hydrogen-bond acceptors (Lipinski definition) is 7. The van der Waals surface area contributed by atoms with Crippen LogP contribution in [0.2, 0.25) is 5.02 Å². The molecule has 4 atom stereocenters. The number of benzene rings is 3. The number of hydrogen-bond donors (Lipinski definition) is 1. The highest BCUT2D eigenvalue weighted by Gasteiger charge is 2.46. The molecule has 2 bridgehead atoms. The Morgan fingerprint density at radius 2 is 1.42 bits per heavy atom. The molecule has 2 saturated heterocycles. The van der Waals surface area contributed by atoms with Gasteiger partial charge in [0, 0.05) is 72.8 Å². The summed E-state index contributed by atoms with van der Waals surface area (Å²) in [6.07, 6.45) is 3.90. The fraction of sp³-hybridized carbons (Fsp3) is 0.514. The lowest BCUT2D eigenvalue weighted by atomic mass is 9.76. The molecule has 0 radical (unpaired) electrons. The molecule has 1 N–H and O–H groups in total. The van der Waals surface area contributed by atoms with Crippen LogP contribution in [0.25, 0.3) is 0 Å². The van der Waals surface area contributed by atoms with E-state index < -0.39 is 0 Å². The predicted molar refractivity (Wildman–Crippen MR) is 194 cm³/mol. The van der Waals surface area contributed by atoms with Gasteiger partial charge in [0.1, 0.15) is 11.5 Å². The molecule has 2 fully saturated rings. The molecule has 3 aromatic carbocycles. The van der Waals surface area contributed by atoms with Crippen molar-refractivity contribution in [1.82, 2.24) is 15.1 Å². The van der Waals surface area contributed by atoms with E-state index in [0.717, 1.165) is 72.3 Å². The van der Waals surface area contributed by atoms with Crippen molar-refractivity contribution < 1.29 is 9.47 Å². The Bertz CT molecular complexity index is 1280. The second-order valence-electron chi connectivity index (χ2n) is 12.4. The lowest BCUT2D eigenvalue weighted by Gasteiger charge is -2.45. The molecule has 0 spiro atoms. The zero-order chi connectivity index (χ0) is 31.4. The molecule has 0 aromatic heterocycles. The van der Waals surface area contributed by atoms with Gasteiger partial charge in [-0.3, -0.25) is 0 Å². The number of thioether (sulfide) groups is 2. The van der Waals surface area contributed by atoms with Crippen molar-refractivity contribution in [2.24, 2.45) is 5.92 Å². The van der Waals surface area contributed by atoms with Crippen molar-refractivity contribution in [2.45, 2.75) is 48.8 Å². The topological polar surface area (TPSA) is 37.0 Å². The third-order valence-corrected chi connectivity index (χ3v) is 11.9. The number of halogens is 1. The fourth-order valence-corrected chi connectivity index (χ4v) is 8.98. The average molecular weight is 668 g/mol. The van der Waals surface area contributed by atoms with Gasteiger partial charge in [0.05, 0.1) is 14.2 Å². The van der Waals surface area contributed by atoms with Crippen molar-refractivity contribution in [2.75, 3.05) is 65.5 Å². The number of methoxy groups -OCH3 is 2. The molecule has 0 saturated carbocycles. The highest BCUT2D eigenvalue weighted by atomic mass is 35.5. The van der Waals surface area contributed by atoms with Gasteiger partial charge in [-0.25, -0.2) is 0 Å². The van der Waals surface area contributed by atoms with E-state index in [1.54, 1.807) is 14.2 Å². The maximum atomic E-state index is 6.30. The van der Waals surface area contributed by atoms with Gasteiger partial charge < -0.3 is 24.6 Å². The first-order chi connectivity index (χ1) is 22.0. The van der Waals surface area contributed by atoms with E-state index in [2.05, 4.69) is 82.8 Å². The van der Waals surface area contributed by atoms with Crippen LogP contribution in [0.1, 0.15) is 41.9 Å². The summed E-state index contributed by atoms with van der Waals surface area (Å²) in [5.74, 6) is 7.36. The van der Waals surface area contributed by atoms with Crippen LogP contribution in [0.5, 0.6) is 11.5 Å². The van der Waals surface area contributed by atoms with E-state index in [4.69, 9.17) is 21.1 Å². The second-order valence-corrected chi connectivity index (χ2v) is 15.0. The summed E-state index contributed by atoms with van der Waals surface area (Å²) in [6, 6.07) is 27.0. The van der Waals surface area contributed by atoms with Crippen LogP contribution in [0.4, 0.5) is 0 Å². The van der Waals surface area contributed by atoms with E-state index in [0.29, 0.717) is 23.9 Å². The van der Waals surface area contributed by atoms with Crippen LogP contribution in [0.15, 0.2) is 72.8 Å². The van der Waals surface area contributed by atoms with Crippen LogP contribution in [-0.2, 0) is 11.5 Å². The molecule has 5 rings (SSSR count). The molecule has 2 aliphatic heterocycles. The number of ether oxygens (including phenoxy) is 2. The summed E-state index contributed by atoms with van der Waals surface area (Å²) in [5, 5.41) is 4.58. The first-order valence-electron chi connectivity index (χ1n) is 16.4. The Balaban J connectivity index is 1.15. The van der Waals surface area contributed by atoms with Gasteiger partial charge in [-0.15, -0.1) is 0 Å². The zero-order valence-electron chi connectivity index (χ0n) is 27.1. The van der Waals surface area contributed by atoms with Crippen molar-refractivity contribution in [3.63, 3.8) is 0 Å². The number of nitrogens with one attached hydrogen (secondary N) is 1. The molecule has 0 amide bonds. The minimum Gasteiger partial charge on any atom is -0.497 e. The number of rotatable bonds is 18. The van der Waals surface area contributed by atoms with Crippen LogP contribution >= 0.6 is 35.1 Å². The van der Waals surface area contributed by atoms with E-state index >= 15 is 0 Å². The second kappa shape index (κ2) is 17.9. The zero-order valence-corrected chi connectivity index (χ0v) is 29.5. The fourth-order valence-electron chi connectivity index (χ4n) is 7.04. The number of piperidine rings is 1. The molecule has 8 heteroatoms. The van der Waals surface area contributed by atoms with Crippen molar-refractivity contribution in [3.05, 3.63) is 94.5 Å². The van der Waals surface area contributed by atoms with Crippen LogP contribution < -0.4 is 14.8 Å². The van der Waals surface area contributed by atoms with Gasteiger partial charge in [-0.2, -0.15) is 23.5 Å². The Hall–Kier alpha value is -1.87. The van der Waals surface area contributed by atoms with Gasteiger partial charge in [-0.1, -0.05) is 48.0 Å². The standard InChI is InChI=1S/C37H50ClN3O2S2/c1-40-32-12-17-37(40)36(35(24-32)30-8-10-31(38)11-9-30)25-41(21-23-45-27-29-6-15-34(43-3)16-7-29)20-18-39-19-22-44-26-28-4-13-33(42-2)14-5-28/h4-11,13-16,32,35-37,39H,12,17-27H2,1-3H3/t32-,35?,36?,37+/m1/s1.